The normalized spacial score (nSPS) is 25.8. The van der Waals surface area contributed by atoms with Crippen molar-refractivity contribution in [3.63, 3.8) is 0 Å². The monoisotopic (exact) mass is 426 g/mol. The lowest BCUT2D eigenvalue weighted by molar-refractivity contribution is -0.107. The zero-order valence-electron chi connectivity index (χ0n) is 15.5. The van der Waals surface area contributed by atoms with E-state index in [1.54, 1.807) is 0 Å². The third kappa shape index (κ3) is 3.38. The molecule has 8 heteroatoms. The standard InChI is InChI=1S/C21H18F4O3S/c1-28-21(25)11-18(23)15(8-19(21)24)17-10-20(6-7-20)9-16(17)13-2-4-14(5-3-13)29(26,27)12-22/h2-5,8-10H,6-7,11-12H2,1H3. The molecule has 0 heterocycles. The molecule has 0 aromatic heterocycles. The van der Waals surface area contributed by atoms with E-state index < -0.39 is 39.8 Å². The van der Waals surface area contributed by atoms with Gasteiger partial charge in [0.25, 0.3) is 5.85 Å². The van der Waals surface area contributed by atoms with Gasteiger partial charge in [0.2, 0.25) is 9.84 Å². The molecule has 29 heavy (non-hydrogen) atoms. The molecular formula is C21H18F4O3S. The van der Waals surface area contributed by atoms with Crippen molar-refractivity contribution in [3.05, 3.63) is 70.9 Å². The number of halogens is 4. The topological polar surface area (TPSA) is 43.4 Å². The Balaban J connectivity index is 1.74. The van der Waals surface area contributed by atoms with Crippen LogP contribution in [-0.4, -0.2) is 27.4 Å². The van der Waals surface area contributed by atoms with Crippen molar-refractivity contribution >= 4 is 15.4 Å². The van der Waals surface area contributed by atoms with E-state index in [2.05, 4.69) is 4.74 Å². The van der Waals surface area contributed by atoms with Gasteiger partial charge in [0.05, 0.1) is 11.3 Å². The highest BCUT2D eigenvalue weighted by atomic mass is 32.2. The Kier molecular flexibility index (Phi) is 4.62. The molecule has 0 N–H and O–H groups in total. The Morgan fingerprint density at radius 3 is 2.24 bits per heavy atom. The third-order valence-electron chi connectivity index (χ3n) is 5.57. The van der Waals surface area contributed by atoms with Crippen LogP contribution in [0, 0.1) is 5.41 Å². The maximum atomic E-state index is 14.7. The fourth-order valence-corrected chi connectivity index (χ4v) is 4.33. The van der Waals surface area contributed by atoms with Gasteiger partial charge in [-0.2, -0.15) is 0 Å². The van der Waals surface area contributed by atoms with Crippen LogP contribution in [0.15, 0.2) is 70.2 Å². The summed E-state index contributed by atoms with van der Waals surface area (Å²) < 4.78 is 83.9. The van der Waals surface area contributed by atoms with Gasteiger partial charge in [-0.15, -0.1) is 0 Å². The van der Waals surface area contributed by atoms with Crippen LogP contribution in [0.3, 0.4) is 0 Å². The zero-order chi connectivity index (χ0) is 21.0. The minimum Gasteiger partial charge on any atom is -0.344 e. The Morgan fingerprint density at radius 1 is 1.07 bits per heavy atom. The van der Waals surface area contributed by atoms with E-state index in [0.29, 0.717) is 16.7 Å². The number of allylic oxidation sites excluding steroid dienone is 6. The lowest BCUT2D eigenvalue weighted by Gasteiger charge is -2.26. The molecule has 0 saturated heterocycles. The maximum absolute atomic E-state index is 14.7. The lowest BCUT2D eigenvalue weighted by atomic mass is 9.89. The van der Waals surface area contributed by atoms with Crippen LogP contribution < -0.4 is 0 Å². The first kappa shape index (κ1) is 20.1. The zero-order valence-corrected chi connectivity index (χ0v) is 16.3. The summed E-state index contributed by atoms with van der Waals surface area (Å²) in [6.45, 7) is 0. The average Bonchev–Trinajstić information content (AvgIpc) is 3.35. The van der Waals surface area contributed by atoms with Crippen molar-refractivity contribution in [1.29, 1.82) is 0 Å². The molecule has 1 saturated carbocycles. The van der Waals surface area contributed by atoms with E-state index in [-0.39, 0.29) is 15.9 Å². The van der Waals surface area contributed by atoms with Crippen molar-refractivity contribution in [2.24, 2.45) is 5.41 Å². The molecule has 3 aliphatic rings. The number of rotatable bonds is 5. The minimum absolute atomic E-state index is 0.0525. The highest BCUT2D eigenvalue weighted by Gasteiger charge is 2.46. The molecule has 154 valence electrons. The molecule has 1 aromatic rings. The second kappa shape index (κ2) is 6.67. The van der Waals surface area contributed by atoms with Gasteiger partial charge in [-0.3, -0.25) is 0 Å². The van der Waals surface area contributed by atoms with E-state index in [0.717, 1.165) is 26.0 Å². The summed E-state index contributed by atoms with van der Waals surface area (Å²) in [4.78, 5) is -0.162. The molecule has 0 aliphatic heterocycles. The van der Waals surface area contributed by atoms with E-state index in [9.17, 15) is 26.0 Å². The molecule has 0 radical (unpaired) electrons. The van der Waals surface area contributed by atoms with Crippen LogP contribution in [0.2, 0.25) is 0 Å². The summed E-state index contributed by atoms with van der Waals surface area (Å²) >= 11 is 0. The fraction of sp³-hybridized carbons (Fsp3) is 0.333. The molecule has 0 amide bonds. The highest BCUT2D eigenvalue weighted by Crippen LogP contribution is 2.58. The molecule has 1 atom stereocenters. The van der Waals surface area contributed by atoms with E-state index in [1.807, 2.05) is 12.2 Å². The van der Waals surface area contributed by atoms with Crippen LogP contribution in [0.25, 0.3) is 5.57 Å². The van der Waals surface area contributed by atoms with E-state index in [4.69, 9.17) is 0 Å². The number of hydrogen-bond acceptors (Lipinski definition) is 3. The fourth-order valence-electron chi connectivity index (χ4n) is 3.66. The van der Waals surface area contributed by atoms with Crippen molar-refractivity contribution in [3.8, 4) is 0 Å². The number of benzene rings is 1. The second-order valence-electron chi connectivity index (χ2n) is 7.52. The van der Waals surface area contributed by atoms with E-state index >= 15 is 0 Å². The largest absolute Gasteiger partial charge is 0.344 e. The van der Waals surface area contributed by atoms with Crippen LogP contribution in [0.4, 0.5) is 17.6 Å². The van der Waals surface area contributed by atoms with Gasteiger partial charge in [0, 0.05) is 18.1 Å². The Morgan fingerprint density at radius 2 is 1.69 bits per heavy atom. The molecule has 3 nitrogen and oxygen atoms in total. The Labute approximate surface area is 166 Å². The van der Waals surface area contributed by atoms with Crippen molar-refractivity contribution < 1.29 is 30.7 Å². The number of methoxy groups -OCH3 is 1. The maximum Gasteiger partial charge on any atom is 0.267 e. The van der Waals surface area contributed by atoms with Gasteiger partial charge < -0.3 is 4.74 Å². The first-order valence-corrected chi connectivity index (χ1v) is 10.6. The molecule has 1 aromatic carbocycles. The first-order valence-electron chi connectivity index (χ1n) is 8.99. The third-order valence-corrected chi connectivity index (χ3v) is 6.84. The second-order valence-corrected chi connectivity index (χ2v) is 9.44. The quantitative estimate of drug-likeness (QED) is 0.602. The summed E-state index contributed by atoms with van der Waals surface area (Å²) in [5.41, 5.74) is 1.30. The SMILES string of the molecule is COC1(F)CC(F)=C(C2=CC3(C=C2c2ccc(S(=O)(=O)CF)cc2)CC3)C=C1F. The number of sulfone groups is 1. The average molecular weight is 426 g/mol. The Hall–Kier alpha value is -2.19. The molecule has 4 rings (SSSR count). The van der Waals surface area contributed by atoms with Crippen LogP contribution in [0.5, 0.6) is 0 Å². The predicted molar refractivity (Wildman–Crippen MR) is 100 cm³/mol. The van der Waals surface area contributed by atoms with Crippen LogP contribution in [-0.2, 0) is 14.6 Å². The first-order chi connectivity index (χ1) is 13.6. The van der Waals surface area contributed by atoms with Crippen molar-refractivity contribution in [1.82, 2.24) is 0 Å². The molecule has 1 spiro atoms. The number of ether oxygens (including phenoxy) is 1. The van der Waals surface area contributed by atoms with Gasteiger partial charge in [-0.25, -0.2) is 26.0 Å². The molecule has 1 unspecified atom stereocenters. The van der Waals surface area contributed by atoms with Gasteiger partial charge in [0.15, 0.2) is 11.8 Å². The van der Waals surface area contributed by atoms with Gasteiger partial charge in [0.1, 0.15) is 5.83 Å². The lowest BCUT2D eigenvalue weighted by Crippen LogP contribution is -2.29. The van der Waals surface area contributed by atoms with Crippen molar-refractivity contribution in [2.45, 2.75) is 30.0 Å². The Bertz CT molecular complexity index is 1090. The van der Waals surface area contributed by atoms with E-state index in [1.165, 1.54) is 24.3 Å². The van der Waals surface area contributed by atoms with Crippen LogP contribution in [0.1, 0.15) is 24.8 Å². The molecule has 3 aliphatic carbocycles. The molecular weight excluding hydrogens is 408 g/mol. The predicted octanol–water partition coefficient (Wildman–Crippen LogP) is 5.28. The molecule has 1 fully saturated rings. The summed E-state index contributed by atoms with van der Waals surface area (Å²) in [6, 6.07) is 4.05. The minimum atomic E-state index is -4.00. The highest BCUT2D eigenvalue weighted by molar-refractivity contribution is 7.91. The summed E-state index contributed by atoms with van der Waals surface area (Å²) in [5.74, 6) is -4.86. The summed E-state index contributed by atoms with van der Waals surface area (Å²) in [7, 11) is -3.03. The smallest absolute Gasteiger partial charge is 0.267 e. The summed E-state index contributed by atoms with van der Waals surface area (Å²) in [6.07, 6.45) is 5.41. The molecule has 0 bridgehead atoms. The van der Waals surface area contributed by atoms with Gasteiger partial charge in [-0.05, 0) is 47.8 Å². The van der Waals surface area contributed by atoms with Crippen molar-refractivity contribution in [2.75, 3.05) is 13.1 Å². The van der Waals surface area contributed by atoms with Gasteiger partial charge >= 0.3 is 0 Å². The summed E-state index contributed by atoms with van der Waals surface area (Å²) in [5, 5.41) is 0. The number of hydrogen-bond donors (Lipinski definition) is 0. The van der Waals surface area contributed by atoms with Gasteiger partial charge in [-0.1, -0.05) is 24.3 Å². The van der Waals surface area contributed by atoms with Crippen LogP contribution >= 0.6 is 0 Å². The number of alkyl halides is 2.